The molecule has 20 heavy (non-hydrogen) atoms. The Bertz CT molecular complexity index is 280. The number of rotatable bonds is 10. The average Bonchev–Trinajstić information content (AvgIpc) is 3.18. The van der Waals surface area contributed by atoms with Gasteiger partial charge in [0.05, 0.1) is 12.7 Å². The third kappa shape index (κ3) is 4.19. The predicted octanol–water partition coefficient (Wildman–Crippen LogP) is 3.23. The van der Waals surface area contributed by atoms with E-state index in [0.717, 1.165) is 38.1 Å². The number of ether oxygens (including phenoxy) is 2. The summed E-state index contributed by atoms with van der Waals surface area (Å²) in [6.45, 7) is 8.54. The van der Waals surface area contributed by atoms with Crippen molar-refractivity contribution < 1.29 is 9.47 Å². The minimum atomic E-state index is 0.378. The van der Waals surface area contributed by atoms with Gasteiger partial charge < -0.3 is 14.8 Å². The molecule has 1 aliphatic carbocycles. The van der Waals surface area contributed by atoms with Crippen LogP contribution in [0.5, 0.6) is 0 Å². The zero-order chi connectivity index (χ0) is 14.4. The van der Waals surface area contributed by atoms with Gasteiger partial charge in [0.1, 0.15) is 0 Å². The normalized spacial score (nSPS) is 31.6. The molecule has 0 spiro atoms. The molecule has 3 atom stereocenters. The maximum absolute atomic E-state index is 6.16. The summed E-state index contributed by atoms with van der Waals surface area (Å²) in [5.74, 6) is 1.66. The van der Waals surface area contributed by atoms with Crippen LogP contribution in [-0.2, 0) is 9.47 Å². The molecule has 2 fully saturated rings. The quantitative estimate of drug-likeness (QED) is 0.624. The SMILES string of the molecule is CCCC(C)CC1(CNCCOC)CCOC1C1CC1. The van der Waals surface area contributed by atoms with E-state index in [-0.39, 0.29) is 0 Å². The Balaban J connectivity index is 1.94. The van der Waals surface area contributed by atoms with Crippen LogP contribution in [0.25, 0.3) is 0 Å². The van der Waals surface area contributed by atoms with Crippen LogP contribution in [0, 0.1) is 17.3 Å². The van der Waals surface area contributed by atoms with Gasteiger partial charge in [-0.3, -0.25) is 0 Å². The van der Waals surface area contributed by atoms with Crippen molar-refractivity contribution >= 4 is 0 Å². The van der Waals surface area contributed by atoms with Crippen LogP contribution >= 0.6 is 0 Å². The van der Waals surface area contributed by atoms with Crippen LogP contribution in [0.1, 0.15) is 52.4 Å². The second kappa shape index (κ2) is 7.77. The summed E-state index contributed by atoms with van der Waals surface area (Å²) in [5, 5.41) is 3.62. The highest BCUT2D eigenvalue weighted by molar-refractivity contribution is 5.01. The number of hydrogen-bond donors (Lipinski definition) is 1. The first-order chi connectivity index (χ1) is 9.72. The molecule has 0 aromatic carbocycles. The van der Waals surface area contributed by atoms with Crippen LogP contribution in [0.3, 0.4) is 0 Å². The van der Waals surface area contributed by atoms with E-state index in [2.05, 4.69) is 19.2 Å². The Hall–Kier alpha value is -0.120. The smallest absolute Gasteiger partial charge is 0.0672 e. The Kier molecular flexibility index (Phi) is 6.31. The van der Waals surface area contributed by atoms with Gasteiger partial charge in [-0.2, -0.15) is 0 Å². The zero-order valence-corrected chi connectivity index (χ0v) is 13.6. The van der Waals surface area contributed by atoms with E-state index in [4.69, 9.17) is 9.47 Å². The van der Waals surface area contributed by atoms with Gasteiger partial charge in [0, 0.05) is 32.2 Å². The highest BCUT2D eigenvalue weighted by Crippen LogP contribution is 2.50. The van der Waals surface area contributed by atoms with Crippen molar-refractivity contribution in [1.29, 1.82) is 0 Å². The predicted molar refractivity (Wildman–Crippen MR) is 82.9 cm³/mol. The highest BCUT2D eigenvalue weighted by Gasteiger charge is 2.50. The van der Waals surface area contributed by atoms with E-state index < -0.39 is 0 Å². The van der Waals surface area contributed by atoms with Crippen molar-refractivity contribution in [3.63, 3.8) is 0 Å². The van der Waals surface area contributed by atoms with E-state index in [0.29, 0.717) is 11.5 Å². The van der Waals surface area contributed by atoms with Crippen molar-refractivity contribution in [2.75, 3.05) is 33.4 Å². The Morgan fingerprint density at radius 3 is 2.85 bits per heavy atom. The Labute approximate surface area is 124 Å². The van der Waals surface area contributed by atoms with Gasteiger partial charge in [-0.15, -0.1) is 0 Å². The van der Waals surface area contributed by atoms with Gasteiger partial charge in [0.25, 0.3) is 0 Å². The van der Waals surface area contributed by atoms with Crippen LogP contribution in [0.15, 0.2) is 0 Å². The number of nitrogens with one attached hydrogen (secondary N) is 1. The molecule has 2 aliphatic rings. The second-order valence-corrected chi connectivity index (χ2v) is 7.01. The molecule has 1 saturated heterocycles. The maximum atomic E-state index is 6.16. The van der Waals surface area contributed by atoms with E-state index in [1.54, 1.807) is 7.11 Å². The van der Waals surface area contributed by atoms with Crippen LogP contribution < -0.4 is 5.32 Å². The standard InChI is InChI=1S/C17H33NO2/c1-4-5-14(2)12-17(13-18-9-11-19-3)8-10-20-16(17)15-6-7-15/h14-16,18H,4-13H2,1-3H3. The molecule has 1 aliphatic heterocycles. The molecule has 3 heteroatoms. The van der Waals surface area contributed by atoms with Crippen LogP contribution in [0.2, 0.25) is 0 Å². The summed E-state index contributed by atoms with van der Waals surface area (Å²) in [7, 11) is 1.77. The third-order valence-electron chi connectivity index (χ3n) is 5.05. The minimum absolute atomic E-state index is 0.378. The first kappa shape index (κ1) is 16.3. The molecule has 0 aromatic rings. The van der Waals surface area contributed by atoms with Crippen molar-refractivity contribution in [1.82, 2.24) is 5.32 Å². The molecule has 0 aromatic heterocycles. The lowest BCUT2D eigenvalue weighted by molar-refractivity contribution is 0.0183. The van der Waals surface area contributed by atoms with E-state index >= 15 is 0 Å². The molecule has 1 heterocycles. The fourth-order valence-corrected chi connectivity index (χ4v) is 4.02. The topological polar surface area (TPSA) is 30.5 Å². The molecule has 1 N–H and O–H groups in total. The van der Waals surface area contributed by atoms with Gasteiger partial charge in [-0.05, 0) is 37.5 Å². The van der Waals surface area contributed by atoms with E-state index in [9.17, 15) is 0 Å². The average molecular weight is 283 g/mol. The van der Waals surface area contributed by atoms with Crippen molar-refractivity contribution in [2.24, 2.45) is 17.3 Å². The first-order valence-corrected chi connectivity index (χ1v) is 8.53. The lowest BCUT2D eigenvalue weighted by atomic mass is 9.72. The molecule has 3 nitrogen and oxygen atoms in total. The lowest BCUT2D eigenvalue weighted by Gasteiger charge is -2.37. The van der Waals surface area contributed by atoms with Crippen LogP contribution in [-0.4, -0.2) is 39.5 Å². The van der Waals surface area contributed by atoms with Gasteiger partial charge in [-0.1, -0.05) is 26.7 Å². The van der Waals surface area contributed by atoms with E-state index in [1.165, 1.54) is 38.5 Å². The highest BCUT2D eigenvalue weighted by atomic mass is 16.5. The molecule has 1 saturated carbocycles. The third-order valence-corrected chi connectivity index (χ3v) is 5.05. The second-order valence-electron chi connectivity index (χ2n) is 7.01. The molecule has 118 valence electrons. The molecule has 0 radical (unpaired) electrons. The monoisotopic (exact) mass is 283 g/mol. The molecule has 3 unspecified atom stereocenters. The zero-order valence-electron chi connectivity index (χ0n) is 13.6. The lowest BCUT2D eigenvalue weighted by Crippen LogP contribution is -2.43. The van der Waals surface area contributed by atoms with Gasteiger partial charge in [-0.25, -0.2) is 0 Å². The fraction of sp³-hybridized carbons (Fsp3) is 1.00. The van der Waals surface area contributed by atoms with Crippen molar-refractivity contribution in [2.45, 2.75) is 58.5 Å². The summed E-state index contributed by atoms with van der Waals surface area (Å²) < 4.78 is 11.3. The van der Waals surface area contributed by atoms with Crippen molar-refractivity contribution in [3.05, 3.63) is 0 Å². The van der Waals surface area contributed by atoms with E-state index in [1.807, 2.05) is 0 Å². The first-order valence-electron chi connectivity index (χ1n) is 8.53. The molecule has 0 bridgehead atoms. The van der Waals surface area contributed by atoms with Gasteiger partial charge in [0.15, 0.2) is 0 Å². The van der Waals surface area contributed by atoms with Crippen molar-refractivity contribution in [3.8, 4) is 0 Å². The van der Waals surface area contributed by atoms with Gasteiger partial charge in [0.2, 0.25) is 0 Å². The Morgan fingerprint density at radius 2 is 2.20 bits per heavy atom. The van der Waals surface area contributed by atoms with Gasteiger partial charge >= 0.3 is 0 Å². The number of methoxy groups -OCH3 is 1. The molecular weight excluding hydrogens is 250 g/mol. The Morgan fingerprint density at radius 1 is 1.40 bits per heavy atom. The summed E-state index contributed by atoms with van der Waals surface area (Å²) in [5.41, 5.74) is 0.378. The summed E-state index contributed by atoms with van der Waals surface area (Å²) >= 11 is 0. The summed E-state index contributed by atoms with van der Waals surface area (Å²) in [6.07, 6.45) is 8.47. The molecular formula is C17H33NO2. The maximum Gasteiger partial charge on any atom is 0.0672 e. The van der Waals surface area contributed by atoms with Crippen LogP contribution in [0.4, 0.5) is 0 Å². The fourth-order valence-electron chi connectivity index (χ4n) is 4.02. The largest absolute Gasteiger partial charge is 0.383 e. The summed E-state index contributed by atoms with van der Waals surface area (Å²) in [6, 6.07) is 0. The molecule has 0 amide bonds. The minimum Gasteiger partial charge on any atom is -0.383 e. The summed E-state index contributed by atoms with van der Waals surface area (Å²) in [4.78, 5) is 0. The number of hydrogen-bond acceptors (Lipinski definition) is 3. The molecule has 2 rings (SSSR count).